The molecule has 1 aromatic carbocycles. The summed E-state index contributed by atoms with van der Waals surface area (Å²) in [5, 5.41) is 0. The van der Waals surface area contributed by atoms with Crippen molar-refractivity contribution in [3.63, 3.8) is 0 Å². The predicted molar refractivity (Wildman–Crippen MR) is 111 cm³/mol. The van der Waals surface area contributed by atoms with Crippen LogP contribution in [0.4, 0.5) is 11.6 Å². The van der Waals surface area contributed by atoms with Crippen LogP contribution in [0, 0.1) is 12.8 Å². The maximum atomic E-state index is 13.2. The van der Waals surface area contributed by atoms with Crippen LogP contribution in [-0.4, -0.2) is 25.2 Å². The lowest BCUT2D eigenvalue weighted by atomic mass is 10.1. The average Bonchev–Trinajstić information content (AvgIpc) is 3.02. The van der Waals surface area contributed by atoms with Crippen LogP contribution in [0.5, 0.6) is 0 Å². The first-order valence-electron chi connectivity index (χ1n) is 9.46. The van der Waals surface area contributed by atoms with Gasteiger partial charge in [0.05, 0.1) is 6.54 Å². The van der Waals surface area contributed by atoms with Crippen molar-refractivity contribution in [2.45, 2.75) is 33.9 Å². The molecule has 0 radical (unpaired) electrons. The Kier molecular flexibility index (Phi) is 4.25. The molecule has 146 valence electrons. The minimum Gasteiger partial charge on any atom is -0.312 e. The quantitative estimate of drug-likeness (QED) is 0.656. The number of rotatable bonds is 3. The van der Waals surface area contributed by atoms with Crippen molar-refractivity contribution in [3.8, 4) is 0 Å². The van der Waals surface area contributed by atoms with E-state index in [1.165, 1.54) is 9.13 Å². The monoisotopic (exact) mass is 379 g/mol. The van der Waals surface area contributed by atoms with Crippen molar-refractivity contribution in [1.29, 1.82) is 0 Å². The minimum absolute atomic E-state index is 0.207. The van der Waals surface area contributed by atoms with E-state index in [0.29, 0.717) is 29.6 Å². The summed E-state index contributed by atoms with van der Waals surface area (Å²) >= 11 is 0. The van der Waals surface area contributed by atoms with Gasteiger partial charge in [-0.25, -0.2) is 4.79 Å². The number of aryl methyl sites for hydroxylation is 2. The summed E-state index contributed by atoms with van der Waals surface area (Å²) in [5.74, 6) is 1.04. The smallest absolute Gasteiger partial charge is 0.312 e. The molecule has 0 spiro atoms. The van der Waals surface area contributed by atoms with Gasteiger partial charge in [-0.1, -0.05) is 31.2 Å². The Hall–Kier alpha value is -3.09. The van der Waals surface area contributed by atoms with E-state index in [2.05, 4.69) is 37.5 Å². The largest absolute Gasteiger partial charge is 0.332 e. The van der Waals surface area contributed by atoms with Crippen LogP contribution < -0.4 is 16.1 Å². The molecule has 1 atom stereocenters. The lowest BCUT2D eigenvalue weighted by molar-refractivity contribution is 0.458. The molecule has 0 amide bonds. The summed E-state index contributed by atoms with van der Waals surface area (Å²) in [6.45, 7) is 11.6. The number of imidazole rings is 1. The van der Waals surface area contributed by atoms with Crippen LogP contribution in [-0.2, 0) is 20.1 Å². The number of hydrogen-bond donors (Lipinski definition) is 0. The number of hydrogen-bond acceptors (Lipinski definition) is 4. The average molecular weight is 379 g/mol. The molecule has 0 bridgehead atoms. The first kappa shape index (κ1) is 18.3. The molecule has 0 aliphatic carbocycles. The zero-order valence-electron chi connectivity index (χ0n) is 16.8. The normalized spacial score (nSPS) is 16.4. The predicted octanol–water partition coefficient (Wildman–Crippen LogP) is 2.57. The van der Waals surface area contributed by atoms with Crippen LogP contribution >= 0.6 is 0 Å². The summed E-state index contributed by atoms with van der Waals surface area (Å²) in [6, 6.07) is 8.24. The van der Waals surface area contributed by atoms with Crippen molar-refractivity contribution in [3.05, 3.63) is 62.8 Å². The van der Waals surface area contributed by atoms with Gasteiger partial charge in [0.2, 0.25) is 5.95 Å². The molecular formula is C21H25N5O2. The van der Waals surface area contributed by atoms with Crippen molar-refractivity contribution in [2.75, 3.05) is 11.4 Å². The van der Waals surface area contributed by atoms with E-state index in [0.717, 1.165) is 23.4 Å². The second-order valence-corrected chi connectivity index (χ2v) is 7.94. The zero-order valence-corrected chi connectivity index (χ0v) is 16.8. The minimum atomic E-state index is -0.369. The van der Waals surface area contributed by atoms with Gasteiger partial charge in [-0.15, -0.1) is 0 Å². The van der Waals surface area contributed by atoms with Gasteiger partial charge in [0.1, 0.15) is 0 Å². The van der Waals surface area contributed by atoms with E-state index in [1.54, 1.807) is 7.05 Å². The maximum Gasteiger partial charge on any atom is 0.332 e. The third kappa shape index (κ3) is 2.78. The standard InChI is InChI=1S/C21H25N5O2/c1-13(2)10-26-19(27)17-18(23(5)21(26)28)22-20-24(11-15(4)12-25(17)20)16-8-6-7-14(3)9-16/h6-9,15H,1,10-12H2,2-5H3. The molecule has 0 N–H and O–H groups in total. The van der Waals surface area contributed by atoms with Gasteiger partial charge in [0.25, 0.3) is 5.56 Å². The molecule has 4 rings (SSSR count). The highest BCUT2D eigenvalue weighted by Gasteiger charge is 2.29. The summed E-state index contributed by atoms with van der Waals surface area (Å²) in [6.07, 6.45) is 0. The van der Waals surface area contributed by atoms with Gasteiger partial charge < -0.3 is 9.47 Å². The molecule has 3 aromatic rings. The number of allylic oxidation sites excluding steroid dienone is 1. The molecule has 3 heterocycles. The van der Waals surface area contributed by atoms with Gasteiger partial charge in [-0.3, -0.25) is 13.9 Å². The van der Waals surface area contributed by atoms with E-state index in [4.69, 9.17) is 4.98 Å². The van der Waals surface area contributed by atoms with Crippen LogP contribution in [0.15, 0.2) is 46.0 Å². The van der Waals surface area contributed by atoms with Crippen molar-refractivity contribution in [1.82, 2.24) is 18.7 Å². The van der Waals surface area contributed by atoms with Crippen LogP contribution in [0.2, 0.25) is 0 Å². The first-order valence-corrected chi connectivity index (χ1v) is 9.46. The first-order chi connectivity index (χ1) is 13.3. The number of nitrogens with zero attached hydrogens (tertiary/aromatic N) is 5. The van der Waals surface area contributed by atoms with Crippen LogP contribution in [0.25, 0.3) is 11.2 Å². The third-order valence-electron chi connectivity index (χ3n) is 5.18. The molecule has 1 aliphatic heterocycles. The summed E-state index contributed by atoms with van der Waals surface area (Å²) < 4.78 is 4.67. The van der Waals surface area contributed by atoms with Crippen molar-refractivity contribution >= 4 is 22.8 Å². The SMILES string of the molecule is C=C(C)Cn1c(=O)c2c(nc3n2CC(C)CN3c2cccc(C)c2)n(C)c1=O. The molecule has 7 heteroatoms. The van der Waals surface area contributed by atoms with Crippen LogP contribution in [0.3, 0.4) is 0 Å². The Morgan fingerprint density at radius 3 is 2.71 bits per heavy atom. The van der Waals surface area contributed by atoms with Crippen molar-refractivity contribution < 1.29 is 0 Å². The highest BCUT2D eigenvalue weighted by atomic mass is 16.2. The highest BCUT2D eigenvalue weighted by molar-refractivity contribution is 5.77. The molecule has 1 unspecified atom stereocenters. The number of fused-ring (bicyclic) bond motifs is 3. The van der Waals surface area contributed by atoms with Gasteiger partial charge in [-0.2, -0.15) is 4.98 Å². The van der Waals surface area contributed by atoms with E-state index in [1.807, 2.05) is 23.6 Å². The maximum absolute atomic E-state index is 13.2. The van der Waals surface area contributed by atoms with Gasteiger partial charge in [-0.05, 0) is 37.5 Å². The molecule has 7 nitrogen and oxygen atoms in total. The Labute approximate surface area is 163 Å². The van der Waals surface area contributed by atoms with Gasteiger partial charge in [0.15, 0.2) is 11.2 Å². The Morgan fingerprint density at radius 2 is 2.04 bits per heavy atom. The van der Waals surface area contributed by atoms with E-state index < -0.39 is 0 Å². The second kappa shape index (κ2) is 6.51. The fourth-order valence-electron chi connectivity index (χ4n) is 3.93. The van der Waals surface area contributed by atoms with Crippen LogP contribution in [0.1, 0.15) is 19.4 Å². The zero-order chi connectivity index (χ0) is 20.2. The Bertz CT molecular complexity index is 1210. The molecule has 0 fully saturated rings. The molecule has 28 heavy (non-hydrogen) atoms. The summed E-state index contributed by atoms with van der Waals surface area (Å²) in [7, 11) is 1.67. The number of benzene rings is 1. The molecule has 2 aromatic heterocycles. The lowest BCUT2D eigenvalue weighted by Crippen LogP contribution is -2.40. The van der Waals surface area contributed by atoms with E-state index in [-0.39, 0.29) is 17.8 Å². The highest BCUT2D eigenvalue weighted by Crippen LogP contribution is 2.33. The van der Waals surface area contributed by atoms with Gasteiger partial charge >= 0.3 is 5.69 Å². The second-order valence-electron chi connectivity index (χ2n) is 7.94. The topological polar surface area (TPSA) is 65.1 Å². The van der Waals surface area contributed by atoms with E-state index >= 15 is 0 Å². The number of anilines is 2. The summed E-state index contributed by atoms with van der Waals surface area (Å²) in [4.78, 5) is 32.8. The fraction of sp³-hybridized carbons (Fsp3) is 0.381. The summed E-state index contributed by atoms with van der Waals surface area (Å²) in [5.41, 5.74) is 3.18. The molecular weight excluding hydrogens is 354 g/mol. The molecule has 0 saturated heterocycles. The lowest BCUT2D eigenvalue weighted by Gasteiger charge is -2.33. The fourth-order valence-corrected chi connectivity index (χ4v) is 3.93. The molecule has 0 saturated carbocycles. The number of aromatic nitrogens is 4. The van der Waals surface area contributed by atoms with E-state index in [9.17, 15) is 9.59 Å². The Morgan fingerprint density at radius 1 is 1.29 bits per heavy atom. The van der Waals surface area contributed by atoms with Gasteiger partial charge in [0, 0.05) is 25.8 Å². The van der Waals surface area contributed by atoms with Crippen molar-refractivity contribution in [2.24, 2.45) is 13.0 Å². The Balaban J connectivity index is 2.02. The third-order valence-corrected chi connectivity index (χ3v) is 5.18. The molecule has 1 aliphatic rings.